The number of piperidine rings is 1. The Morgan fingerprint density at radius 1 is 1.28 bits per heavy atom. The van der Waals surface area contributed by atoms with E-state index in [-0.39, 0.29) is 16.8 Å². The van der Waals surface area contributed by atoms with Crippen LogP contribution in [0.15, 0.2) is 12.3 Å². The van der Waals surface area contributed by atoms with Crippen molar-refractivity contribution in [3.63, 3.8) is 0 Å². The number of nitrogens with zero attached hydrogens (tertiary/aromatic N) is 3. The number of anilines is 1. The maximum Gasteiger partial charge on any atom is 0.417 e. The molecule has 3 heterocycles. The van der Waals surface area contributed by atoms with E-state index in [1.807, 2.05) is 0 Å². The van der Waals surface area contributed by atoms with Gasteiger partial charge in [-0.2, -0.15) is 13.2 Å². The van der Waals surface area contributed by atoms with E-state index in [1.165, 1.54) is 0 Å². The number of carbonyl (C=O) groups excluding carboxylic acids is 1. The molecule has 0 spiro atoms. The van der Waals surface area contributed by atoms with Crippen LogP contribution in [-0.4, -0.2) is 55.2 Å². The van der Waals surface area contributed by atoms with Crippen molar-refractivity contribution in [2.45, 2.75) is 19.0 Å². The minimum atomic E-state index is -4.48. The van der Waals surface area contributed by atoms with Crippen molar-refractivity contribution in [1.82, 2.24) is 9.88 Å². The second-order valence-corrected chi connectivity index (χ2v) is 6.66. The molecule has 9 heteroatoms. The third-order valence-electron chi connectivity index (χ3n) is 4.54. The zero-order chi connectivity index (χ0) is 18.0. The molecule has 0 N–H and O–H groups in total. The highest BCUT2D eigenvalue weighted by molar-refractivity contribution is 6.33. The number of pyridine rings is 1. The Labute approximate surface area is 148 Å². The molecule has 1 atom stereocenters. The van der Waals surface area contributed by atoms with Crippen molar-refractivity contribution < 1.29 is 22.7 Å². The van der Waals surface area contributed by atoms with Crippen molar-refractivity contribution in [1.29, 1.82) is 0 Å². The largest absolute Gasteiger partial charge is 0.417 e. The molecule has 0 bridgehead atoms. The van der Waals surface area contributed by atoms with Gasteiger partial charge in [0.25, 0.3) is 0 Å². The molecular weight excluding hydrogens is 359 g/mol. The van der Waals surface area contributed by atoms with E-state index in [2.05, 4.69) is 4.98 Å². The molecule has 2 aliphatic rings. The Hall–Kier alpha value is -1.54. The van der Waals surface area contributed by atoms with Crippen LogP contribution in [0.5, 0.6) is 0 Å². The van der Waals surface area contributed by atoms with Crippen molar-refractivity contribution >= 4 is 23.3 Å². The molecule has 2 saturated heterocycles. The first-order valence-corrected chi connectivity index (χ1v) is 8.58. The summed E-state index contributed by atoms with van der Waals surface area (Å²) in [5.41, 5.74) is -0.876. The molecule has 0 aromatic carbocycles. The predicted octanol–water partition coefficient (Wildman–Crippen LogP) is 2.83. The van der Waals surface area contributed by atoms with E-state index in [4.69, 9.17) is 16.3 Å². The summed E-state index contributed by atoms with van der Waals surface area (Å²) in [5.74, 6) is 0.164. The van der Waals surface area contributed by atoms with E-state index < -0.39 is 11.7 Å². The van der Waals surface area contributed by atoms with E-state index in [0.29, 0.717) is 45.2 Å². The minimum absolute atomic E-state index is 0.0469. The smallest absolute Gasteiger partial charge is 0.378 e. The van der Waals surface area contributed by atoms with Gasteiger partial charge in [0, 0.05) is 32.4 Å². The van der Waals surface area contributed by atoms with Gasteiger partial charge in [-0.25, -0.2) is 4.98 Å². The molecule has 5 nitrogen and oxygen atoms in total. The number of ether oxygens (including phenoxy) is 1. The summed E-state index contributed by atoms with van der Waals surface area (Å²) in [6.07, 6.45) is -2.18. The van der Waals surface area contributed by atoms with Crippen molar-refractivity contribution in [2.24, 2.45) is 5.92 Å². The van der Waals surface area contributed by atoms with E-state index in [9.17, 15) is 18.0 Å². The Bertz CT molecular complexity index is 636. The predicted molar refractivity (Wildman–Crippen MR) is 86.6 cm³/mol. The molecule has 1 aromatic heterocycles. The average Bonchev–Trinajstić information content (AvgIpc) is 2.61. The maximum absolute atomic E-state index is 12.7. The number of morpholine rings is 1. The van der Waals surface area contributed by atoms with E-state index in [1.54, 1.807) is 9.80 Å². The summed E-state index contributed by atoms with van der Waals surface area (Å²) >= 11 is 6.03. The third-order valence-corrected chi connectivity index (χ3v) is 4.82. The summed E-state index contributed by atoms with van der Waals surface area (Å²) in [6, 6.07) is 0.886. The average molecular weight is 378 g/mol. The number of rotatable bonds is 2. The van der Waals surface area contributed by atoms with Gasteiger partial charge in [-0.1, -0.05) is 11.6 Å². The van der Waals surface area contributed by atoms with Crippen LogP contribution in [0.4, 0.5) is 19.0 Å². The zero-order valence-electron chi connectivity index (χ0n) is 13.6. The second-order valence-electron chi connectivity index (χ2n) is 6.25. The van der Waals surface area contributed by atoms with Crippen LogP contribution >= 0.6 is 11.6 Å². The summed E-state index contributed by atoms with van der Waals surface area (Å²) in [4.78, 5) is 20.1. The number of amides is 1. The monoisotopic (exact) mass is 377 g/mol. The molecule has 3 rings (SSSR count). The zero-order valence-corrected chi connectivity index (χ0v) is 14.3. The molecular formula is C16H19ClF3N3O2. The van der Waals surface area contributed by atoms with E-state index in [0.717, 1.165) is 25.1 Å². The second kappa shape index (κ2) is 7.37. The number of carbonyl (C=O) groups is 1. The summed E-state index contributed by atoms with van der Waals surface area (Å²) in [5, 5.41) is -0.0469. The fourth-order valence-electron chi connectivity index (χ4n) is 3.23. The lowest BCUT2D eigenvalue weighted by Crippen LogP contribution is -2.48. The maximum atomic E-state index is 12.7. The highest BCUT2D eigenvalue weighted by Gasteiger charge is 2.34. The molecule has 1 amide bonds. The van der Waals surface area contributed by atoms with Crippen molar-refractivity contribution in [3.05, 3.63) is 22.8 Å². The molecule has 1 unspecified atom stereocenters. The number of alkyl halides is 3. The first kappa shape index (κ1) is 18.3. The van der Waals surface area contributed by atoms with Crippen LogP contribution in [0.3, 0.4) is 0 Å². The Morgan fingerprint density at radius 3 is 2.64 bits per heavy atom. The van der Waals surface area contributed by atoms with Gasteiger partial charge in [0.1, 0.15) is 5.82 Å². The first-order valence-electron chi connectivity index (χ1n) is 8.20. The van der Waals surface area contributed by atoms with Crippen LogP contribution in [0, 0.1) is 5.92 Å². The highest BCUT2D eigenvalue weighted by atomic mass is 35.5. The molecule has 25 heavy (non-hydrogen) atoms. The third kappa shape index (κ3) is 4.17. The number of hydrogen-bond acceptors (Lipinski definition) is 4. The summed E-state index contributed by atoms with van der Waals surface area (Å²) in [7, 11) is 0. The van der Waals surface area contributed by atoms with Gasteiger partial charge in [-0.05, 0) is 18.9 Å². The van der Waals surface area contributed by atoms with Gasteiger partial charge in [0.05, 0.1) is 29.7 Å². The minimum Gasteiger partial charge on any atom is -0.378 e. The van der Waals surface area contributed by atoms with Gasteiger partial charge >= 0.3 is 6.18 Å². The van der Waals surface area contributed by atoms with Gasteiger partial charge < -0.3 is 14.5 Å². The number of halogens is 4. The first-order chi connectivity index (χ1) is 11.9. The Kier molecular flexibility index (Phi) is 5.38. The lowest BCUT2D eigenvalue weighted by molar-refractivity contribution is -0.140. The van der Waals surface area contributed by atoms with Crippen LogP contribution in [-0.2, 0) is 15.7 Å². The van der Waals surface area contributed by atoms with Gasteiger partial charge in [-0.3, -0.25) is 4.79 Å². The normalized spacial score (nSPS) is 22.2. The lowest BCUT2D eigenvalue weighted by atomic mass is 9.96. The number of hydrogen-bond donors (Lipinski definition) is 0. The van der Waals surface area contributed by atoms with E-state index >= 15 is 0 Å². The quantitative estimate of drug-likeness (QED) is 0.795. The van der Waals surface area contributed by atoms with Gasteiger partial charge in [0.15, 0.2) is 0 Å². The summed E-state index contributed by atoms with van der Waals surface area (Å²) in [6.45, 7) is 3.26. The fourth-order valence-corrected chi connectivity index (χ4v) is 3.52. The van der Waals surface area contributed by atoms with Gasteiger partial charge in [-0.15, -0.1) is 0 Å². The standard InChI is InChI=1S/C16H19ClF3N3O2/c17-13-8-12(16(18,19)20)9-21-14(13)23-3-1-2-11(10-23)15(24)22-4-6-25-7-5-22/h8-9,11H,1-7,10H2. The van der Waals surface area contributed by atoms with Gasteiger partial charge in [0.2, 0.25) is 5.91 Å². The summed E-state index contributed by atoms with van der Waals surface area (Å²) < 4.78 is 43.5. The fraction of sp³-hybridized carbons (Fsp3) is 0.625. The Balaban J connectivity index is 1.72. The molecule has 2 aliphatic heterocycles. The molecule has 138 valence electrons. The molecule has 1 aromatic rings. The molecule has 0 radical (unpaired) electrons. The highest BCUT2D eigenvalue weighted by Crippen LogP contribution is 2.34. The van der Waals surface area contributed by atoms with Crippen LogP contribution in [0.25, 0.3) is 0 Å². The van der Waals surface area contributed by atoms with Crippen molar-refractivity contribution in [2.75, 3.05) is 44.3 Å². The van der Waals surface area contributed by atoms with Crippen LogP contribution in [0.1, 0.15) is 18.4 Å². The topological polar surface area (TPSA) is 45.7 Å². The van der Waals surface area contributed by atoms with Crippen molar-refractivity contribution in [3.8, 4) is 0 Å². The van der Waals surface area contributed by atoms with Crippen LogP contribution < -0.4 is 4.90 Å². The Morgan fingerprint density at radius 2 is 2.00 bits per heavy atom. The lowest BCUT2D eigenvalue weighted by Gasteiger charge is -2.37. The number of aromatic nitrogens is 1. The SMILES string of the molecule is O=C(C1CCCN(c2ncc(C(F)(F)F)cc2Cl)C1)N1CCOCC1. The molecule has 0 aliphatic carbocycles. The molecule has 0 saturated carbocycles. The van der Waals surface area contributed by atoms with Crippen LogP contribution in [0.2, 0.25) is 5.02 Å². The molecule has 2 fully saturated rings.